The molecule has 11 rings (SSSR count). The largest absolute Gasteiger partial charge is 0.316 e. The molecule has 5 nitrogen and oxygen atoms in total. The Morgan fingerprint density at radius 3 is 1.75 bits per heavy atom. The first-order valence-corrected chi connectivity index (χ1v) is 18.5. The fourth-order valence-corrected chi connectivity index (χ4v) is 8.95. The Labute approximate surface area is 308 Å². The maximum absolute atomic E-state index is 5.07. The van der Waals surface area contributed by atoms with E-state index >= 15 is 0 Å². The molecule has 4 aromatic heterocycles. The number of nitrogens with zero attached hydrogens (tertiary/aromatic N) is 5. The minimum absolute atomic E-state index is 0.632. The molecule has 0 N–H and O–H groups in total. The van der Waals surface area contributed by atoms with Crippen molar-refractivity contribution < 1.29 is 0 Å². The van der Waals surface area contributed by atoms with Crippen LogP contribution in [-0.2, 0) is 0 Å². The first-order valence-electron chi connectivity index (χ1n) is 17.7. The fourth-order valence-electron chi connectivity index (χ4n) is 7.71. The van der Waals surface area contributed by atoms with Gasteiger partial charge in [-0.15, -0.1) is 11.3 Å². The molecule has 0 aliphatic heterocycles. The molecule has 6 heteroatoms. The predicted molar refractivity (Wildman–Crippen MR) is 220 cm³/mol. The van der Waals surface area contributed by atoms with E-state index in [1.165, 1.54) is 41.8 Å². The first-order chi connectivity index (χ1) is 26.3. The molecule has 0 bridgehead atoms. The second-order valence-electron chi connectivity index (χ2n) is 13.3. The summed E-state index contributed by atoms with van der Waals surface area (Å²) in [5.74, 6) is 1.92. The fraction of sp³-hybridized carbons (Fsp3) is 0. The molecule has 0 unspecified atom stereocenters. The minimum atomic E-state index is 0.632. The summed E-state index contributed by atoms with van der Waals surface area (Å²) in [4.78, 5) is 15.1. The maximum atomic E-state index is 5.07. The molecule has 7 aromatic carbocycles. The molecule has 11 aromatic rings. The van der Waals surface area contributed by atoms with Crippen LogP contribution in [0.1, 0.15) is 0 Å². The SMILES string of the molecule is c1ccc(-c2nc(-c3ccccc3)nc(-c3cccc(-n4c5cc6c(ccn6-c6ccccc6)cc5c5ccc6c7ccccc7sc6c54)c3)n2)cc1. The molecule has 53 heavy (non-hydrogen) atoms. The highest BCUT2D eigenvalue weighted by Gasteiger charge is 2.20. The molecule has 0 radical (unpaired) electrons. The van der Waals surface area contributed by atoms with Crippen molar-refractivity contribution in [3.63, 3.8) is 0 Å². The van der Waals surface area contributed by atoms with Crippen molar-refractivity contribution in [1.82, 2.24) is 24.1 Å². The number of hydrogen-bond donors (Lipinski definition) is 0. The van der Waals surface area contributed by atoms with Crippen LogP contribution in [0.15, 0.2) is 176 Å². The van der Waals surface area contributed by atoms with Crippen LogP contribution in [0, 0.1) is 0 Å². The zero-order valence-electron chi connectivity index (χ0n) is 28.4. The average Bonchev–Trinajstić information content (AvgIpc) is 3.92. The summed E-state index contributed by atoms with van der Waals surface area (Å²) < 4.78 is 7.29. The van der Waals surface area contributed by atoms with Crippen LogP contribution in [0.2, 0.25) is 0 Å². The Hall–Kier alpha value is -6.89. The Balaban J connectivity index is 1.20. The summed E-state index contributed by atoms with van der Waals surface area (Å²) in [5.41, 5.74) is 8.52. The lowest BCUT2D eigenvalue weighted by Crippen LogP contribution is -2.01. The van der Waals surface area contributed by atoms with E-state index in [-0.39, 0.29) is 0 Å². The van der Waals surface area contributed by atoms with Crippen LogP contribution in [0.5, 0.6) is 0 Å². The van der Waals surface area contributed by atoms with Crippen molar-refractivity contribution in [2.24, 2.45) is 0 Å². The Morgan fingerprint density at radius 2 is 1.02 bits per heavy atom. The smallest absolute Gasteiger partial charge is 0.164 e. The maximum Gasteiger partial charge on any atom is 0.164 e. The van der Waals surface area contributed by atoms with Crippen molar-refractivity contribution in [1.29, 1.82) is 0 Å². The minimum Gasteiger partial charge on any atom is -0.316 e. The number of aromatic nitrogens is 5. The van der Waals surface area contributed by atoms with Crippen LogP contribution in [-0.4, -0.2) is 24.1 Å². The van der Waals surface area contributed by atoms with Gasteiger partial charge in [-0.05, 0) is 48.5 Å². The van der Waals surface area contributed by atoms with E-state index in [1.807, 2.05) is 72.0 Å². The Bertz CT molecular complexity index is 3100. The molecule has 4 heterocycles. The second-order valence-corrected chi connectivity index (χ2v) is 14.4. The first kappa shape index (κ1) is 29.8. The van der Waals surface area contributed by atoms with Gasteiger partial charge in [-0.1, -0.05) is 121 Å². The van der Waals surface area contributed by atoms with Gasteiger partial charge < -0.3 is 9.13 Å². The van der Waals surface area contributed by atoms with Crippen molar-refractivity contribution in [2.75, 3.05) is 0 Å². The molecule has 0 aliphatic rings. The predicted octanol–water partition coefficient (Wildman–Crippen LogP) is 12.3. The third kappa shape index (κ3) is 4.80. The van der Waals surface area contributed by atoms with E-state index in [0.717, 1.165) is 39.1 Å². The van der Waals surface area contributed by atoms with Crippen molar-refractivity contribution in [3.05, 3.63) is 176 Å². The molecule has 0 aliphatic carbocycles. The number of thiophene rings is 1. The van der Waals surface area contributed by atoms with Crippen molar-refractivity contribution >= 4 is 64.2 Å². The normalized spacial score (nSPS) is 11.8. The van der Waals surface area contributed by atoms with Crippen molar-refractivity contribution in [2.45, 2.75) is 0 Å². The van der Waals surface area contributed by atoms with Crippen LogP contribution >= 0.6 is 11.3 Å². The lowest BCUT2D eigenvalue weighted by molar-refractivity contribution is 1.07. The van der Waals surface area contributed by atoms with E-state index in [9.17, 15) is 0 Å². The highest BCUT2D eigenvalue weighted by Crippen LogP contribution is 2.44. The molecular formula is C47H29N5S. The Kier molecular flexibility index (Phi) is 6.66. The summed E-state index contributed by atoms with van der Waals surface area (Å²) in [7, 11) is 0. The highest BCUT2D eigenvalue weighted by atomic mass is 32.1. The van der Waals surface area contributed by atoms with Gasteiger partial charge in [-0.25, -0.2) is 15.0 Å². The van der Waals surface area contributed by atoms with Gasteiger partial charge in [0.05, 0.1) is 21.3 Å². The molecule has 0 saturated heterocycles. The van der Waals surface area contributed by atoms with Gasteiger partial charge in [-0.3, -0.25) is 0 Å². The summed E-state index contributed by atoms with van der Waals surface area (Å²) >= 11 is 1.86. The molecule has 248 valence electrons. The van der Waals surface area contributed by atoms with Crippen LogP contribution in [0.3, 0.4) is 0 Å². The van der Waals surface area contributed by atoms with Gasteiger partial charge >= 0.3 is 0 Å². The standard InChI is InChI=1S/C47H29N5S/c1-4-13-30(14-5-1)45-48-46(31-15-6-2-7-16-31)50-47(49-45)33-17-12-20-35(27-33)52-41-29-40-32(25-26-51(40)34-18-8-3-9-19-34)28-39(41)37-23-24-38-36-21-10-11-22-42(36)53-44(38)43(37)52/h1-29H. The van der Waals surface area contributed by atoms with Gasteiger partial charge in [-0.2, -0.15) is 0 Å². The van der Waals surface area contributed by atoms with Crippen LogP contribution in [0.25, 0.3) is 98.4 Å². The van der Waals surface area contributed by atoms with E-state index in [0.29, 0.717) is 17.5 Å². The molecule has 0 amide bonds. The van der Waals surface area contributed by atoms with E-state index in [1.54, 1.807) is 0 Å². The third-order valence-corrected chi connectivity index (χ3v) is 11.4. The number of hydrogen-bond acceptors (Lipinski definition) is 4. The van der Waals surface area contributed by atoms with Gasteiger partial charge in [0.25, 0.3) is 0 Å². The van der Waals surface area contributed by atoms with E-state index in [4.69, 9.17) is 15.0 Å². The molecule has 0 spiro atoms. The number of rotatable bonds is 5. The number of fused-ring (bicyclic) bond motifs is 8. The molecule has 0 atom stereocenters. The van der Waals surface area contributed by atoms with E-state index in [2.05, 4.69) is 125 Å². The van der Waals surface area contributed by atoms with Gasteiger partial charge in [0.2, 0.25) is 0 Å². The number of benzene rings is 7. The van der Waals surface area contributed by atoms with Crippen molar-refractivity contribution in [3.8, 4) is 45.5 Å². The monoisotopic (exact) mass is 695 g/mol. The summed E-state index contributed by atoms with van der Waals surface area (Å²) in [6.45, 7) is 0. The average molecular weight is 696 g/mol. The lowest BCUT2D eigenvalue weighted by atomic mass is 10.1. The van der Waals surface area contributed by atoms with Crippen LogP contribution < -0.4 is 0 Å². The quantitative estimate of drug-likeness (QED) is 0.180. The van der Waals surface area contributed by atoms with Crippen LogP contribution in [0.4, 0.5) is 0 Å². The second kappa shape index (κ2) is 11.8. The zero-order chi connectivity index (χ0) is 34.9. The molecule has 0 fully saturated rings. The van der Waals surface area contributed by atoms with Gasteiger partial charge in [0.15, 0.2) is 17.5 Å². The third-order valence-electron chi connectivity index (χ3n) is 10.2. The lowest BCUT2D eigenvalue weighted by Gasteiger charge is -2.12. The van der Waals surface area contributed by atoms with Gasteiger partial charge in [0, 0.05) is 65.9 Å². The van der Waals surface area contributed by atoms with E-state index < -0.39 is 0 Å². The zero-order valence-corrected chi connectivity index (χ0v) is 29.2. The topological polar surface area (TPSA) is 48.5 Å². The molecular weight excluding hydrogens is 667 g/mol. The number of para-hydroxylation sites is 1. The summed E-state index contributed by atoms with van der Waals surface area (Å²) in [5, 5.41) is 6.22. The van der Waals surface area contributed by atoms with Gasteiger partial charge in [0.1, 0.15) is 0 Å². The highest BCUT2D eigenvalue weighted by molar-refractivity contribution is 7.26. The molecule has 0 saturated carbocycles. The summed E-state index contributed by atoms with van der Waals surface area (Å²) in [6.07, 6.45) is 2.17. The Morgan fingerprint density at radius 1 is 0.415 bits per heavy atom. The summed E-state index contributed by atoms with van der Waals surface area (Å²) in [6, 6.07) is 59.8.